The van der Waals surface area contributed by atoms with Crippen molar-refractivity contribution in [1.29, 1.82) is 0 Å². The molecule has 142 valence electrons. The van der Waals surface area contributed by atoms with Crippen molar-refractivity contribution in [1.82, 2.24) is 15.4 Å². The van der Waals surface area contributed by atoms with Crippen LogP contribution >= 0.6 is 11.6 Å². The van der Waals surface area contributed by atoms with Crippen molar-refractivity contribution in [2.24, 2.45) is 0 Å². The summed E-state index contributed by atoms with van der Waals surface area (Å²) >= 11 is 5.97. The second-order valence-electron chi connectivity index (χ2n) is 7.91. The fourth-order valence-corrected chi connectivity index (χ4v) is 3.21. The third kappa shape index (κ3) is 5.22. The molecular formula is C20H29ClN4O. The maximum atomic E-state index is 5.97. The van der Waals surface area contributed by atoms with Gasteiger partial charge in [-0.3, -0.25) is 4.90 Å². The van der Waals surface area contributed by atoms with Crippen molar-refractivity contribution >= 4 is 17.3 Å². The number of nitrogens with zero attached hydrogens (tertiary/aromatic N) is 3. The highest BCUT2D eigenvalue weighted by Gasteiger charge is 2.19. The summed E-state index contributed by atoms with van der Waals surface area (Å²) in [6.45, 7) is 13.4. The van der Waals surface area contributed by atoms with Crippen LogP contribution < -0.4 is 10.2 Å². The van der Waals surface area contributed by atoms with Crippen LogP contribution in [0, 0.1) is 0 Å². The molecule has 3 rings (SSSR count). The number of hydrogen-bond donors (Lipinski definition) is 1. The minimum absolute atomic E-state index is 0.0332. The Hall–Kier alpha value is -1.56. The van der Waals surface area contributed by atoms with Gasteiger partial charge in [0.1, 0.15) is 0 Å². The van der Waals surface area contributed by atoms with Crippen LogP contribution in [0.3, 0.4) is 0 Å². The maximum Gasteiger partial charge on any atom is 0.150 e. The van der Waals surface area contributed by atoms with Crippen LogP contribution in [0.4, 0.5) is 5.69 Å². The molecule has 2 aromatic rings. The molecule has 1 fully saturated rings. The van der Waals surface area contributed by atoms with E-state index in [1.54, 1.807) is 0 Å². The second-order valence-corrected chi connectivity index (χ2v) is 8.35. The molecular weight excluding hydrogens is 348 g/mol. The van der Waals surface area contributed by atoms with E-state index in [1.807, 2.05) is 12.1 Å². The topological polar surface area (TPSA) is 44.5 Å². The van der Waals surface area contributed by atoms with E-state index in [1.165, 1.54) is 5.69 Å². The van der Waals surface area contributed by atoms with Crippen molar-refractivity contribution in [3.63, 3.8) is 0 Å². The van der Waals surface area contributed by atoms with Gasteiger partial charge < -0.3 is 14.7 Å². The number of rotatable bonds is 6. The summed E-state index contributed by atoms with van der Waals surface area (Å²) in [6.07, 6.45) is 0. The molecule has 1 aliphatic rings. The molecule has 26 heavy (non-hydrogen) atoms. The van der Waals surface area contributed by atoms with Crippen molar-refractivity contribution in [2.45, 2.75) is 32.7 Å². The van der Waals surface area contributed by atoms with Crippen LogP contribution in [0.1, 0.15) is 32.2 Å². The maximum absolute atomic E-state index is 5.97. The van der Waals surface area contributed by atoms with Crippen molar-refractivity contribution < 1.29 is 4.52 Å². The Bertz CT molecular complexity index is 685. The van der Waals surface area contributed by atoms with Gasteiger partial charge in [0.2, 0.25) is 0 Å². The molecule has 0 radical (unpaired) electrons. The first-order chi connectivity index (χ1) is 12.4. The first-order valence-electron chi connectivity index (χ1n) is 9.31. The summed E-state index contributed by atoms with van der Waals surface area (Å²) in [5.74, 6) is 0.905. The third-order valence-electron chi connectivity index (χ3n) is 4.80. The number of anilines is 1. The Kier molecular flexibility index (Phi) is 6.22. The first kappa shape index (κ1) is 19.2. The standard InChI is InChI=1S/C20H29ClN4O/c1-20(2,3)19-14-18(26-23-19)15-22-8-9-24-10-12-25(13-11-24)17-6-4-16(21)5-7-17/h4-7,14,22H,8-13,15H2,1-3H3. The van der Waals surface area contributed by atoms with Gasteiger partial charge in [0, 0.05) is 61.5 Å². The molecule has 5 nitrogen and oxygen atoms in total. The average Bonchev–Trinajstić information content (AvgIpc) is 3.09. The summed E-state index contributed by atoms with van der Waals surface area (Å²) in [5, 5.41) is 8.41. The average molecular weight is 377 g/mol. The van der Waals surface area contributed by atoms with Gasteiger partial charge in [0.05, 0.1) is 12.2 Å². The van der Waals surface area contributed by atoms with Crippen molar-refractivity contribution in [3.8, 4) is 0 Å². The summed E-state index contributed by atoms with van der Waals surface area (Å²) < 4.78 is 5.41. The lowest BCUT2D eigenvalue weighted by Gasteiger charge is -2.36. The zero-order valence-corrected chi connectivity index (χ0v) is 16.7. The molecule has 0 saturated carbocycles. The van der Waals surface area contributed by atoms with E-state index in [0.29, 0.717) is 0 Å². The molecule has 1 aromatic heterocycles. The normalized spacial score (nSPS) is 16.2. The molecule has 0 atom stereocenters. The number of piperazine rings is 1. The summed E-state index contributed by atoms with van der Waals surface area (Å²) in [6, 6.07) is 10.2. The zero-order valence-electron chi connectivity index (χ0n) is 16.0. The Balaban J connectivity index is 1.35. The van der Waals surface area contributed by atoms with Crippen LogP contribution in [0.5, 0.6) is 0 Å². The van der Waals surface area contributed by atoms with Gasteiger partial charge in [-0.1, -0.05) is 37.5 Å². The smallest absolute Gasteiger partial charge is 0.150 e. The first-order valence-corrected chi connectivity index (χ1v) is 9.69. The monoisotopic (exact) mass is 376 g/mol. The van der Waals surface area contributed by atoms with Gasteiger partial charge >= 0.3 is 0 Å². The molecule has 1 saturated heterocycles. The largest absolute Gasteiger partial charge is 0.369 e. The van der Waals surface area contributed by atoms with E-state index >= 15 is 0 Å². The minimum atomic E-state index is 0.0332. The van der Waals surface area contributed by atoms with E-state index < -0.39 is 0 Å². The zero-order chi connectivity index (χ0) is 18.6. The fraction of sp³-hybridized carbons (Fsp3) is 0.550. The summed E-state index contributed by atoms with van der Waals surface area (Å²) in [5.41, 5.74) is 2.30. The number of aromatic nitrogens is 1. The van der Waals surface area contributed by atoms with Gasteiger partial charge in [0.25, 0.3) is 0 Å². The lowest BCUT2D eigenvalue weighted by atomic mass is 9.92. The lowest BCUT2D eigenvalue weighted by molar-refractivity contribution is 0.255. The highest BCUT2D eigenvalue weighted by Crippen LogP contribution is 2.21. The minimum Gasteiger partial charge on any atom is -0.369 e. The molecule has 0 amide bonds. The van der Waals surface area contributed by atoms with E-state index in [4.69, 9.17) is 16.1 Å². The number of nitrogens with one attached hydrogen (secondary N) is 1. The lowest BCUT2D eigenvalue weighted by Crippen LogP contribution is -2.48. The van der Waals surface area contributed by atoms with Crippen LogP contribution in [0.2, 0.25) is 5.02 Å². The van der Waals surface area contributed by atoms with Gasteiger partial charge in [-0.05, 0) is 24.3 Å². The Labute approximate surface area is 161 Å². The molecule has 1 aromatic carbocycles. The quantitative estimate of drug-likeness (QED) is 0.781. The molecule has 0 bridgehead atoms. The SMILES string of the molecule is CC(C)(C)c1cc(CNCCN2CCN(c3ccc(Cl)cc3)CC2)on1. The number of halogens is 1. The molecule has 0 unspecified atom stereocenters. The fourth-order valence-electron chi connectivity index (χ4n) is 3.08. The summed E-state index contributed by atoms with van der Waals surface area (Å²) in [7, 11) is 0. The summed E-state index contributed by atoms with van der Waals surface area (Å²) in [4.78, 5) is 4.92. The van der Waals surface area contributed by atoms with Crippen LogP contribution in [0.25, 0.3) is 0 Å². The van der Waals surface area contributed by atoms with Crippen LogP contribution in [0.15, 0.2) is 34.9 Å². The van der Waals surface area contributed by atoms with E-state index in [9.17, 15) is 0 Å². The number of benzene rings is 1. The third-order valence-corrected chi connectivity index (χ3v) is 5.05. The van der Waals surface area contributed by atoms with E-state index in [2.05, 4.69) is 59.2 Å². The Morgan fingerprint density at radius 3 is 2.42 bits per heavy atom. The van der Waals surface area contributed by atoms with E-state index in [-0.39, 0.29) is 5.41 Å². The van der Waals surface area contributed by atoms with Gasteiger partial charge in [-0.25, -0.2) is 0 Å². The van der Waals surface area contributed by atoms with Crippen LogP contribution in [-0.4, -0.2) is 49.3 Å². The molecule has 0 spiro atoms. The molecule has 6 heteroatoms. The highest BCUT2D eigenvalue weighted by molar-refractivity contribution is 6.30. The Morgan fingerprint density at radius 2 is 1.81 bits per heavy atom. The number of hydrogen-bond acceptors (Lipinski definition) is 5. The van der Waals surface area contributed by atoms with Crippen molar-refractivity contribution in [3.05, 3.63) is 46.8 Å². The van der Waals surface area contributed by atoms with Gasteiger partial charge in [-0.15, -0.1) is 0 Å². The molecule has 1 N–H and O–H groups in total. The molecule has 2 heterocycles. The highest BCUT2D eigenvalue weighted by atomic mass is 35.5. The molecule has 1 aliphatic heterocycles. The predicted octanol–water partition coefficient (Wildman–Crippen LogP) is 3.54. The van der Waals surface area contributed by atoms with Gasteiger partial charge in [-0.2, -0.15) is 0 Å². The predicted molar refractivity (Wildman–Crippen MR) is 107 cm³/mol. The Morgan fingerprint density at radius 1 is 1.12 bits per heavy atom. The van der Waals surface area contributed by atoms with Gasteiger partial charge in [0.15, 0.2) is 5.76 Å². The second kappa shape index (κ2) is 8.42. The molecule has 0 aliphatic carbocycles. The van der Waals surface area contributed by atoms with E-state index in [0.717, 1.165) is 62.3 Å². The van der Waals surface area contributed by atoms with Crippen molar-refractivity contribution in [2.75, 3.05) is 44.2 Å². The van der Waals surface area contributed by atoms with Crippen LogP contribution in [-0.2, 0) is 12.0 Å².